The molecule has 4 nitrogen and oxygen atoms in total. The number of hydrogen-bond donors (Lipinski definition) is 1. The molecule has 2 heterocycles. The fourth-order valence-corrected chi connectivity index (χ4v) is 2.78. The van der Waals surface area contributed by atoms with Gasteiger partial charge in [-0.2, -0.15) is 5.10 Å². The Kier molecular flexibility index (Phi) is 4.82. The Hall–Kier alpha value is -1.07. The van der Waals surface area contributed by atoms with Crippen LogP contribution < -0.4 is 5.32 Å². The van der Waals surface area contributed by atoms with Crippen molar-refractivity contribution in [1.29, 1.82) is 0 Å². The monoisotopic (exact) mass is 325 g/mol. The summed E-state index contributed by atoms with van der Waals surface area (Å²) in [4.78, 5) is 0. The van der Waals surface area contributed by atoms with Crippen molar-refractivity contribution >= 4 is 15.9 Å². The van der Waals surface area contributed by atoms with E-state index in [1.807, 2.05) is 16.8 Å². The van der Waals surface area contributed by atoms with Crippen LogP contribution >= 0.6 is 15.9 Å². The van der Waals surface area contributed by atoms with Gasteiger partial charge >= 0.3 is 0 Å². The van der Waals surface area contributed by atoms with Gasteiger partial charge in [-0.25, -0.2) is 0 Å². The van der Waals surface area contributed by atoms with Crippen molar-refractivity contribution in [2.45, 2.75) is 46.3 Å². The molecule has 0 spiro atoms. The Morgan fingerprint density at radius 2 is 2.26 bits per heavy atom. The largest absolute Gasteiger partial charge is 0.468 e. The van der Waals surface area contributed by atoms with E-state index in [2.05, 4.69) is 47.1 Å². The van der Waals surface area contributed by atoms with Crippen LogP contribution in [-0.4, -0.2) is 9.78 Å². The lowest BCUT2D eigenvalue weighted by molar-refractivity contribution is 0.423. The Morgan fingerprint density at radius 1 is 1.47 bits per heavy atom. The van der Waals surface area contributed by atoms with Crippen molar-refractivity contribution in [3.05, 3.63) is 40.0 Å². The third-order valence-corrected chi connectivity index (χ3v) is 4.16. The normalized spacial score (nSPS) is 12.8. The number of rotatable bonds is 6. The molecule has 1 atom stereocenters. The van der Waals surface area contributed by atoms with Crippen molar-refractivity contribution in [2.75, 3.05) is 0 Å². The van der Waals surface area contributed by atoms with E-state index < -0.39 is 0 Å². The maximum Gasteiger partial charge on any atom is 0.120 e. The first-order valence-electron chi connectivity index (χ1n) is 6.68. The van der Waals surface area contributed by atoms with Crippen molar-refractivity contribution in [3.63, 3.8) is 0 Å². The minimum Gasteiger partial charge on any atom is -0.468 e. The lowest BCUT2D eigenvalue weighted by atomic mass is 10.2. The van der Waals surface area contributed by atoms with E-state index in [1.165, 1.54) is 5.69 Å². The Bertz CT molecular complexity index is 519. The third kappa shape index (κ3) is 3.09. The molecule has 0 radical (unpaired) electrons. The average Bonchev–Trinajstić information content (AvgIpc) is 3.04. The highest BCUT2D eigenvalue weighted by Gasteiger charge is 2.15. The van der Waals surface area contributed by atoms with E-state index in [-0.39, 0.29) is 6.04 Å². The lowest BCUT2D eigenvalue weighted by Crippen LogP contribution is -2.20. The molecule has 0 saturated carbocycles. The quantitative estimate of drug-likeness (QED) is 0.881. The molecular weight excluding hydrogens is 306 g/mol. The van der Waals surface area contributed by atoms with Crippen LogP contribution in [0, 0.1) is 0 Å². The molecule has 0 saturated heterocycles. The maximum absolute atomic E-state index is 5.40. The highest BCUT2D eigenvalue weighted by atomic mass is 79.9. The van der Waals surface area contributed by atoms with Crippen molar-refractivity contribution < 1.29 is 4.42 Å². The second-order valence-corrected chi connectivity index (χ2v) is 5.29. The molecule has 0 aromatic carbocycles. The number of nitrogens with one attached hydrogen (secondary N) is 1. The Labute approximate surface area is 122 Å². The van der Waals surface area contributed by atoms with Crippen molar-refractivity contribution in [1.82, 2.24) is 15.1 Å². The van der Waals surface area contributed by atoms with E-state index in [0.717, 1.165) is 35.4 Å². The van der Waals surface area contributed by atoms with Crippen LogP contribution in [0.25, 0.3) is 0 Å². The second kappa shape index (κ2) is 6.39. The van der Waals surface area contributed by atoms with Gasteiger partial charge in [-0.3, -0.25) is 4.68 Å². The average molecular weight is 326 g/mol. The molecule has 1 N–H and O–H groups in total. The molecular formula is C14H20BrN3O. The van der Waals surface area contributed by atoms with Crippen molar-refractivity contribution in [3.8, 4) is 0 Å². The first-order chi connectivity index (χ1) is 9.17. The fourth-order valence-electron chi connectivity index (χ4n) is 2.07. The number of halogens is 1. The SMILES string of the molecule is CCc1nn(CC)c(CNC(C)c2ccco2)c1Br. The van der Waals surface area contributed by atoms with Gasteiger partial charge in [-0.1, -0.05) is 6.92 Å². The fraction of sp³-hybridized carbons (Fsp3) is 0.500. The summed E-state index contributed by atoms with van der Waals surface area (Å²) in [5, 5.41) is 8.06. The molecule has 19 heavy (non-hydrogen) atoms. The maximum atomic E-state index is 5.40. The molecule has 1 unspecified atom stereocenters. The second-order valence-electron chi connectivity index (χ2n) is 4.49. The minimum atomic E-state index is 0.187. The van der Waals surface area contributed by atoms with E-state index in [0.29, 0.717) is 0 Å². The van der Waals surface area contributed by atoms with Gasteiger partial charge in [0.05, 0.1) is 28.2 Å². The zero-order valence-electron chi connectivity index (χ0n) is 11.6. The highest BCUT2D eigenvalue weighted by Crippen LogP contribution is 2.23. The van der Waals surface area contributed by atoms with Gasteiger partial charge in [-0.15, -0.1) is 0 Å². The van der Waals surface area contributed by atoms with Gasteiger partial charge in [0.2, 0.25) is 0 Å². The van der Waals surface area contributed by atoms with Gasteiger partial charge in [0.1, 0.15) is 5.76 Å². The number of aromatic nitrogens is 2. The number of nitrogens with zero attached hydrogens (tertiary/aromatic N) is 2. The Morgan fingerprint density at radius 3 is 2.84 bits per heavy atom. The number of furan rings is 1. The first-order valence-corrected chi connectivity index (χ1v) is 7.47. The van der Waals surface area contributed by atoms with Crippen LogP contribution in [0.3, 0.4) is 0 Å². The molecule has 0 aliphatic rings. The highest BCUT2D eigenvalue weighted by molar-refractivity contribution is 9.10. The predicted molar refractivity (Wildman–Crippen MR) is 78.9 cm³/mol. The molecule has 0 bridgehead atoms. The van der Waals surface area contributed by atoms with Gasteiger partial charge in [0.25, 0.3) is 0 Å². The minimum absolute atomic E-state index is 0.187. The molecule has 104 valence electrons. The molecule has 0 aliphatic heterocycles. The smallest absolute Gasteiger partial charge is 0.120 e. The van der Waals surface area contributed by atoms with Crippen LogP contribution in [0.4, 0.5) is 0 Å². The van der Waals surface area contributed by atoms with E-state index in [1.54, 1.807) is 6.26 Å². The van der Waals surface area contributed by atoms with E-state index >= 15 is 0 Å². The number of aryl methyl sites for hydroxylation is 2. The van der Waals surface area contributed by atoms with E-state index in [9.17, 15) is 0 Å². The zero-order valence-corrected chi connectivity index (χ0v) is 13.2. The summed E-state index contributed by atoms with van der Waals surface area (Å²) in [6.07, 6.45) is 2.64. The van der Waals surface area contributed by atoms with Gasteiger partial charge in [0, 0.05) is 13.1 Å². The summed E-state index contributed by atoms with van der Waals surface area (Å²) >= 11 is 3.66. The summed E-state index contributed by atoms with van der Waals surface area (Å²) in [5.41, 5.74) is 2.31. The first kappa shape index (κ1) is 14.3. The molecule has 2 aromatic heterocycles. The topological polar surface area (TPSA) is 43.0 Å². The third-order valence-electron chi connectivity index (χ3n) is 3.24. The number of hydrogen-bond acceptors (Lipinski definition) is 3. The lowest BCUT2D eigenvalue weighted by Gasteiger charge is -2.12. The molecule has 5 heteroatoms. The summed E-state index contributed by atoms with van der Waals surface area (Å²) in [5.74, 6) is 0.953. The molecule has 2 rings (SSSR count). The standard InChI is InChI=1S/C14H20BrN3O/c1-4-11-14(15)12(18(5-2)17-11)9-16-10(3)13-7-6-8-19-13/h6-8,10,16H,4-5,9H2,1-3H3. The molecule has 0 amide bonds. The van der Waals surface area contributed by atoms with E-state index in [4.69, 9.17) is 4.42 Å². The molecule has 2 aromatic rings. The molecule has 0 aliphatic carbocycles. The van der Waals surface area contributed by atoms with Crippen LogP contribution in [0.15, 0.2) is 27.3 Å². The van der Waals surface area contributed by atoms with Crippen molar-refractivity contribution in [2.24, 2.45) is 0 Å². The van der Waals surface area contributed by atoms with Crippen LogP contribution in [0.1, 0.15) is 44.0 Å². The van der Waals surface area contributed by atoms with Gasteiger partial charge in [-0.05, 0) is 48.3 Å². The van der Waals surface area contributed by atoms with Crippen LogP contribution in [0.2, 0.25) is 0 Å². The van der Waals surface area contributed by atoms with Gasteiger partial charge in [0.15, 0.2) is 0 Å². The van der Waals surface area contributed by atoms with Gasteiger partial charge < -0.3 is 9.73 Å². The predicted octanol–water partition coefficient (Wildman–Crippen LogP) is 3.67. The Balaban J connectivity index is 2.08. The summed E-state index contributed by atoms with van der Waals surface area (Å²) in [7, 11) is 0. The molecule has 0 fully saturated rings. The zero-order chi connectivity index (χ0) is 13.8. The van der Waals surface area contributed by atoms with Crippen LogP contribution in [0.5, 0.6) is 0 Å². The van der Waals surface area contributed by atoms with Crippen LogP contribution in [-0.2, 0) is 19.5 Å². The summed E-state index contributed by atoms with van der Waals surface area (Å²) in [6.45, 7) is 7.97. The summed E-state index contributed by atoms with van der Waals surface area (Å²) in [6, 6.07) is 4.09. The summed E-state index contributed by atoms with van der Waals surface area (Å²) < 4.78 is 8.57.